The number of aromatic nitrogens is 1. The molecule has 0 fully saturated rings. The third-order valence-corrected chi connectivity index (χ3v) is 4.91. The van der Waals surface area contributed by atoms with Gasteiger partial charge in [-0.3, -0.25) is 14.2 Å². The zero-order valence-electron chi connectivity index (χ0n) is 15.6. The normalized spacial score (nSPS) is 11.2. The molecule has 146 valence electrons. The number of rotatable bonds is 4. The van der Waals surface area contributed by atoms with E-state index >= 15 is 0 Å². The third kappa shape index (κ3) is 3.80. The molecule has 0 atom stereocenters. The van der Waals surface area contributed by atoms with Crippen molar-refractivity contribution in [1.82, 2.24) is 4.57 Å². The number of benzene rings is 2. The van der Waals surface area contributed by atoms with Crippen molar-refractivity contribution in [2.24, 2.45) is 0 Å². The monoisotopic (exact) mass is 447 g/mol. The zero-order chi connectivity index (χ0) is 20.6. The highest BCUT2D eigenvalue weighted by Crippen LogP contribution is 2.32. The van der Waals surface area contributed by atoms with Gasteiger partial charge in [0, 0.05) is 27.2 Å². The molecule has 0 saturated carbocycles. The summed E-state index contributed by atoms with van der Waals surface area (Å²) in [5, 5.41) is 10.2. The molecule has 0 aliphatic rings. The first-order chi connectivity index (χ1) is 13.2. The van der Waals surface area contributed by atoms with Gasteiger partial charge in [-0.2, -0.15) is 0 Å². The number of phenols is 1. The van der Waals surface area contributed by atoms with Crippen LogP contribution in [0.1, 0.15) is 35.5 Å². The summed E-state index contributed by atoms with van der Waals surface area (Å²) >= 11 is 3.33. The van der Waals surface area contributed by atoms with Crippen LogP contribution in [0.2, 0.25) is 0 Å². The molecule has 0 bridgehead atoms. The average molecular weight is 448 g/mol. The Kier molecular flexibility index (Phi) is 5.56. The van der Waals surface area contributed by atoms with E-state index in [1.165, 1.54) is 10.6 Å². The van der Waals surface area contributed by atoms with Gasteiger partial charge in [-0.15, -0.1) is 0 Å². The van der Waals surface area contributed by atoms with Crippen LogP contribution in [0.25, 0.3) is 10.9 Å². The molecule has 1 heterocycles. The van der Waals surface area contributed by atoms with Crippen LogP contribution in [-0.2, 0) is 16.0 Å². The number of ether oxygens (including phenoxy) is 1. The molecule has 1 aromatic heterocycles. The SMILES string of the molecule is Cc1c(CC(=O)OC(C)C)c2cc(O)c(F)cc2n1C(=O)c1ccc(Br)cc1. The molecular formula is C21H19BrFNO4. The number of hydrogen-bond donors (Lipinski definition) is 1. The molecule has 0 spiro atoms. The van der Waals surface area contributed by atoms with Crippen molar-refractivity contribution >= 4 is 38.7 Å². The smallest absolute Gasteiger partial charge is 0.310 e. The molecule has 3 rings (SSSR count). The maximum Gasteiger partial charge on any atom is 0.310 e. The van der Waals surface area contributed by atoms with Crippen LogP contribution >= 0.6 is 15.9 Å². The van der Waals surface area contributed by atoms with Crippen molar-refractivity contribution in [3.8, 4) is 5.75 Å². The van der Waals surface area contributed by atoms with Gasteiger partial charge in [-0.05, 0) is 56.7 Å². The summed E-state index contributed by atoms with van der Waals surface area (Å²) in [7, 11) is 0. The molecule has 0 aliphatic heterocycles. The van der Waals surface area contributed by atoms with Gasteiger partial charge >= 0.3 is 5.97 Å². The molecule has 1 N–H and O–H groups in total. The predicted molar refractivity (Wildman–Crippen MR) is 107 cm³/mol. The minimum absolute atomic E-state index is 0.0911. The minimum atomic E-state index is -0.842. The number of phenolic OH excluding ortho intramolecular Hbond substituents is 1. The lowest BCUT2D eigenvalue weighted by Crippen LogP contribution is -2.16. The quantitative estimate of drug-likeness (QED) is 0.586. The number of nitrogens with zero attached hydrogens (tertiary/aromatic N) is 1. The molecule has 0 saturated heterocycles. The van der Waals surface area contributed by atoms with Gasteiger partial charge in [0.1, 0.15) is 0 Å². The highest BCUT2D eigenvalue weighted by Gasteiger charge is 2.23. The number of hydrogen-bond acceptors (Lipinski definition) is 4. The van der Waals surface area contributed by atoms with Crippen LogP contribution in [0.3, 0.4) is 0 Å². The summed E-state index contributed by atoms with van der Waals surface area (Å²) in [6.45, 7) is 5.17. The van der Waals surface area contributed by atoms with Crippen molar-refractivity contribution in [2.75, 3.05) is 0 Å². The predicted octanol–water partition coefficient (Wildman–Crippen LogP) is 4.74. The molecule has 0 unspecified atom stereocenters. The Balaban J connectivity index is 2.18. The summed E-state index contributed by atoms with van der Waals surface area (Å²) in [6.07, 6.45) is -0.372. The van der Waals surface area contributed by atoms with Crippen molar-refractivity contribution in [1.29, 1.82) is 0 Å². The Hall–Kier alpha value is -2.67. The minimum Gasteiger partial charge on any atom is -0.505 e. The first kappa shape index (κ1) is 20.1. The fraction of sp³-hybridized carbons (Fsp3) is 0.238. The lowest BCUT2D eigenvalue weighted by atomic mass is 10.1. The van der Waals surface area contributed by atoms with E-state index in [0.717, 1.165) is 10.5 Å². The molecule has 0 aliphatic carbocycles. The molecule has 0 radical (unpaired) electrons. The molecule has 7 heteroatoms. The van der Waals surface area contributed by atoms with E-state index in [0.29, 0.717) is 22.2 Å². The topological polar surface area (TPSA) is 68.5 Å². The van der Waals surface area contributed by atoms with Crippen LogP contribution in [0.4, 0.5) is 4.39 Å². The van der Waals surface area contributed by atoms with Crippen molar-refractivity contribution in [3.05, 3.63) is 63.5 Å². The lowest BCUT2D eigenvalue weighted by molar-refractivity contribution is -0.146. The first-order valence-electron chi connectivity index (χ1n) is 8.71. The van der Waals surface area contributed by atoms with Crippen LogP contribution in [0, 0.1) is 12.7 Å². The Labute approximate surface area is 169 Å². The Morgan fingerprint density at radius 3 is 2.46 bits per heavy atom. The Morgan fingerprint density at radius 2 is 1.86 bits per heavy atom. The van der Waals surface area contributed by atoms with E-state index < -0.39 is 17.5 Å². The van der Waals surface area contributed by atoms with Gasteiger partial charge < -0.3 is 9.84 Å². The molecular weight excluding hydrogens is 429 g/mol. The number of esters is 1. The van der Waals surface area contributed by atoms with E-state index in [-0.39, 0.29) is 23.9 Å². The van der Waals surface area contributed by atoms with Gasteiger partial charge in [0.25, 0.3) is 5.91 Å². The van der Waals surface area contributed by atoms with Gasteiger partial charge in [0.05, 0.1) is 18.0 Å². The summed E-state index contributed by atoms with van der Waals surface area (Å²) in [5.41, 5.74) is 1.70. The first-order valence-corrected chi connectivity index (χ1v) is 9.50. The van der Waals surface area contributed by atoms with Gasteiger partial charge in [-0.1, -0.05) is 15.9 Å². The second kappa shape index (κ2) is 7.75. The maximum absolute atomic E-state index is 14.1. The summed E-state index contributed by atoms with van der Waals surface area (Å²) in [4.78, 5) is 25.3. The fourth-order valence-electron chi connectivity index (χ4n) is 3.14. The van der Waals surface area contributed by atoms with Crippen molar-refractivity contribution < 1.29 is 23.8 Å². The Bertz CT molecular complexity index is 1070. The average Bonchev–Trinajstić information content (AvgIpc) is 2.86. The molecule has 5 nitrogen and oxygen atoms in total. The standard InChI is InChI=1S/C21H19BrFNO4/c1-11(2)28-20(26)9-15-12(3)24(18-10-17(23)19(25)8-16(15)18)21(27)13-4-6-14(22)7-5-13/h4-8,10-11,25H,9H2,1-3H3. The van der Waals surface area contributed by atoms with Gasteiger partial charge in [0.2, 0.25) is 0 Å². The summed E-state index contributed by atoms with van der Waals surface area (Å²) < 4.78 is 21.4. The van der Waals surface area contributed by atoms with Crippen LogP contribution < -0.4 is 0 Å². The van der Waals surface area contributed by atoms with E-state index in [9.17, 15) is 19.1 Å². The molecule has 28 heavy (non-hydrogen) atoms. The highest BCUT2D eigenvalue weighted by molar-refractivity contribution is 9.10. The largest absolute Gasteiger partial charge is 0.505 e. The molecule has 3 aromatic rings. The highest BCUT2D eigenvalue weighted by atomic mass is 79.9. The van der Waals surface area contributed by atoms with Crippen molar-refractivity contribution in [3.63, 3.8) is 0 Å². The fourth-order valence-corrected chi connectivity index (χ4v) is 3.41. The van der Waals surface area contributed by atoms with E-state index in [4.69, 9.17) is 4.74 Å². The number of fused-ring (bicyclic) bond motifs is 1. The number of carbonyl (C=O) groups excluding carboxylic acids is 2. The lowest BCUT2D eigenvalue weighted by Gasteiger charge is -2.09. The number of carbonyl (C=O) groups is 2. The van der Waals surface area contributed by atoms with Crippen molar-refractivity contribution in [2.45, 2.75) is 33.3 Å². The maximum atomic E-state index is 14.1. The van der Waals surface area contributed by atoms with E-state index in [2.05, 4.69) is 15.9 Å². The van der Waals surface area contributed by atoms with E-state index in [1.54, 1.807) is 45.0 Å². The van der Waals surface area contributed by atoms with Crippen LogP contribution in [0.15, 0.2) is 40.9 Å². The zero-order valence-corrected chi connectivity index (χ0v) is 17.2. The van der Waals surface area contributed by atoms with E-state index in [1.807, 2.05) is 0 Å². The van der Waals surface area contributed by atoms with Gasteiger partial charge in [0.15, 0.2) is 11.6 Å². The Morgan fingerprint density at radius 1 is 1.21 bits per heavy atom. The summed E-state index contributed by atoms with van der Waals surface area (Å²) in [6, 6.07) is 9.12. The summed E-state index contributed by atoms with van der Waals surface area (Å²) in [5.74, 6) is -2.20. The second-order valence-electron chi connectivity index (χ2n) is 6.75. The van der Waals surface area contributed by atoms with Crippen LogP contribution in [0.5, 0.6) is 5.75 Å². The van der Waals surface area contributed by atoms with Crippen LogP contribution in [-0.4, -0.2) is 27.7 Å². The third-order valence-electron chi connectivity index (χ3n) is 4.39. The number of aromatic hydroxyl groups is 1. The second-order valence-corrected chi connectivity index (χ2v) is 7.66. The van der Waals surface area contributed by atoms with Gasteiger partial charge in [-0.25, -0.2) is 4.39 Å². The number of halogens is 2. The molecule has 0 amide bonds. The molecule has 2 aromatic carbocycles.